The van der Waals surface area contributed by atoms with E-state index in [1.807, 2.05) is 19.1 Å². The summed E-state index contributed by atoms with van der Waals surface area (Å²) in [6.07, 6.45) is 1.54. The Bertz CT molecular complexity index is 436. The molecular formula is C10H11ClN2O2. The number of aryl methyl sites for hydroxylation is 2. The third-order valence-electron chi connectivity index (χ3n) is 1.94. The number of nitrogens with zero attached hydrogens (tertiary/aromatic N) is 2. The number of aromatic nitrogens is 2. The van der Waals surface area contributed by atoms with Gasteiger partial charge in [0.2, 0.25) is 5.89 Å². The molecule has 2 aromatic rings. The minimum absolute atomic E-state index is 0.424. The highest BCUT2D eigenvalue weighted by molar-refractivity contribution is 6.17. The topological polar surface area (TPSA) is 52.1 Å². The van der Waals surface area contributed by atoms with Crippen molar-refractivity contribution < 1.29 is 8.83 Å². The van der Waals surface area contributed by atoms with Crippen LogP contribution in [0.5, 0.6) is 0 Å². The minimum atomic E-state index is 0.424. The number of hydrogen-bond acceptors (Lipinski definition) is 4. The monoisotopic (exact) mass is 226 g/mol. The van der Waals surface area contributed by atoms with Gasteiger partial charge in [-0.05, 0) is 25.5 Å². The Balaban J connectivity index is 2.13. The fourth-order valence-electron chi connectivity index (χ4n) is 1.22. The Morgan fingerprint density at radius 2 is 2.13 bits per heavy atom. The summed E-state index contributed by atoms with van der Waals surface area (Å²) in [5, 5.41) is 7.80. The second kappa shape index (κ2) is 4.49. The van der Waals surface area contributed by atoms with Gasteiger partial charge in [0, 0.05) is 12.3 Å². The SMILES string of the molecule is Cc1ccc(-c2nnc(CCCCl)o2)o1. The molecule has 2 aromatic heterocycles. The predicted molar refractivity (Wildman–Crippen MR) is 55.8 cm³/mol. The Morgan fingerprint density at radius 1 is 1.27 bits per heavy atom. The maximum absolute atomic E-state index is 5.57. The summed E-state index contributed by atoms with van der Waals surface area (Å²) in [6, 6.07) is 3.67. The molecule has 0 aliphatic carbocycles. The molecule has 0 radical (unpaired) electrons. The number of halogens is 1. The van der Waals surface area contributed by atoms with Crippen LogP contribution in [-0.2, 0) is 6.42 Å². The molecule has 0 aliphatic rings. The van der Waals surface area contributed by atoms with E-state index < -0.39 is 0 Å². The Kier molecular flexibility index (Phi) is 3.06. The van der Waals surface area contributed by atoms with Crippen molar-refractivity contribution in [1.29, 1.82) is 0 Å². The first-order valence-electron chi connectivity index (χ1n) is 4.75. The summed E-state index contributed by atoms with van der Waals surface area (Å²) in [4.78, 5) is 0. The molecule has 0 unspecified atom stereocenters. The molecule has 15 heavy (non-hydrogen) atoms. The molecule has 0 bridgehead atoms. The van der Waals surface area contributed by atoms with E-state index in [9.17, 15) is 0 Å². The first kappa shape index (κ1) is 10.2. The van der Waals surface area contributed by atoms with Gasteiger partial charge in [0.25, 0.3) is 5.89 Å². The maximum Gasteiger partial charge on any atom is 0.283 e. The van der Waals surface area contributed by atoms with Crippen molar-refractivity contribution in [3.63, 3.8) is 0 Å². The molecule has 0 aromatic carbocycles. The van der Waals surface area contributed by atoms with E-state index >= 15 is 0 Å². The van der Waals surface area contributed by atoms with Crippen LogP contribution in [0.4, 0.5) is 0 Å². The van der Waals surface area contributed by atoms with Crippen molar-refractivity contribution in [1.82, 2.24) is 10.2 Å². The lowest BCUT2D eigenvalue weighted by Crippen LogP contribution is -1.85. The highest BCUT2D eigenvalue weighted by atomic mass is 35.5. The smallest absolute Gasteiger partial charge is 0.283 e. The van der Waals surface area contributed by atoms with Crippen LogP contribution in [0.1, 0.15) is 18.1 Å². The second-order valence-electron chi connectivity index (χ2n) is 3.20. The average molecular weight is 227 g/mol. The predicted octanol–water partition coefficient (Wildman–Crippen LogP) is 2.81. The molecule has 5 heteroatoms. The van der Waals surface area contributed by atoms with Crippen LogP contribution < -0.4 is 0 Å². The number of hydrogen-bond donors (Lipinski definition) is 0. The first-order chi connectivity index (χ1) is 7.29. The van der Waals surface area contributed by atoms with Crippen molar-refractivity contribution >= 4 is 11.6 Å². The lowest BCUT2D eigenvalue weighted by Gasteiger charge is -1.89. The number of alkyl halides is 1. The molecule has 0 fully saturated rings. The summed E-state index contributed by atoms with van der Waals surface area (Å²) >= 11 is 5.57. The highest BCUT2D eigenvalue weighted by Crippen LogP contribution is 2.20. The van der Waals surface area contributed by atoms with Crippen LogP contribution in [0.3, 0.4) is 0 Å². The molecule has 0 spiro atoms. The van der Waals surface area contributed by atoms with Gasteiger partial charge in [0.05, 0.1) is 0 Å². The number of furan rings is 1. The van der Waals surface area contributed by atoms with Gasteiger partial charge in [-0.25, -0.2) is 0 Å². The summed E-state index contributed by atoms with van der Waals surface area (Å²) < 4.78 is 10.8. The van der Waals surface area contributed by atoms with E-state index in [0.717, 1.165) is 12.2 Å². The molecule has 80 valence electrons. The molecule has 0 saturated carbocycles. The molecule has 2 heterocycles. The van der Waals surface area contributed by atoms with E-state index in [4.69, 9.17) is 20.4 Å². The van der Waals surface area contributed by atoms with Gasteiger partial charge in [-0.15, -0.1) is 21.8 Å². The Labute approximate surface area is 92.2 Å². The molecule has 0 atom stereocenters. The zero-order chi connectivity index (χ0) is 10.7. The van der Waals surface area contributed by atoms with Crippen LogP contribution in [0, 0.1) is 6.92 Å². The van der Waals surface area contributed by atoms with Gasteiger partial charge in [-0.1, -0.05) is 0 Å². The minimum Gasteiger partial charge on any atom is -0.456 e. The van der Waals surface area contributed by atoms with Crippen LogP contribution in [0.15, 0.2) is 21.0 Å². The van der Waals surface area contributed by atoms with Crippen LogP contribution >= 0.6 is 11.6 Å². The van der Waals surface area contributed by atoms with Crippen molar-refractivity contribution in [2.45, 2.75) is 19.8 Å². The van der Waals surface area contributed by atoms with Crippen LogP contribution in [0.25, 0.3) is 11.7 Å². The summed E-state index contributed by atoms with van der Waals surface area (Å²) in [7, 11) is 0. The van der Waals surface area contributed by atoms with Gasteiger partial charge in [-0.2, -0.15) is 0 Å². The largest absolute Gasteiger partial charge is 0.456 e. The lowest BCUT2D eigenvalue weighted by molar-refractivity contribution is 0.471. The summed E-state index contributed by atoms with van der Waals surface area (Å²) in [5.74, 6) is 3.05. The number of rotatable bonds is 4. The van der Waals surface area contributed by atoms with Gasteiger partial charge in [0.1, 0.15) is 5.76 Å². The Morgan fingerprint density at radius 3 is 2.80 bits per heavy atom. The maximum atomic E-state index is 5.57. The van der Waals surface area contributed by atoms with E-state index in [1.54, 1.807) is 0 Å². The fourth-order valence-corrected chi connectivity index (χ4v) is 1.36. The van der Waals surface area contributed by atoms with Gasteiger partial charge >= 0.3 is 0 Å². The first-order valence-corrected chi connectivity index (χ1v) is 5.28. The third kappa shape index (κ3) is 2.39. The van der Waals surface area contributed by atoms with Crippen molar-refractivity contribution in [3.8, 4) is 11.7 Å². The van der Waals surface area contributed by atoms with Gasteiger partial charge in [-0.3, -0.25) is 0 Å². The molecule has 2 rings (SSSR count). The molecule has 0 saturated heterocycles. The van der Waals surface area contributed by atoms with Crippen LogP contribution in [0.2, 0.25) is 0 Å². The molecule has 4 nitrogen and oxygen atoms in total. The standard InChI is InChI=1S/C10H11ClN2O2/c1-7-4-5-8(14-7)10-13-12-9(15-10)3-2-6-11/h4-5H,2-3,6H2,1H3. The van der Waals surface area contributed by atoms with E-state index in [-0.39, 0.29) is 0 Å². The second-order valence-corrected chi connectivity index (χ2v) is 3.58. The third-order valence-corrected chi connectivity index (χ3v) is 2.21. The molecule has 0 amide bonds. The quantitative estimate of drug-likeness (QED) is 0.753. The zero-order valence-electron chi connectivity index (χ0n) is 8.36. The van der Waals surface area contributed by atoms with Crippen LogP contribution in [-0.4, -0.2) is 16.1 Å². The zero-order valence-corrected chi connectivity index (χ0v) is 9.12. The Hall–Kier alpha value is -1.29. The fraction of sp³-hybridized carbons (Fsp3) is 0.400. The van der Waals surface area contributed by atoms with E-state index in [1.165, 1.54) is 0 Å². The van der Waals surface area contributed by atoms with Crippen molar-refractivity contribution in [3.05, 3.63) is 23.8 Å². The normalized spacial score (nSPS) is 10.8. The van der Waals surface area contributed by atoms with Crippen molar-refractivity contribution in [2.75, 3.05) is 5.88 Å². The van der Waals surface area contributed by atoms with E-state index in [0.29, 0.717) is 29.8 Å². The molecule has 0 N–H and O–H groups in total. The molecule has 0 aliphatic heterocycles. The summed E-state index contributed by atoms with van der Waals surface area (Å²) in [6.45, 7) is 1.87. The lowest BCUT2D eigenvalue weighted by atomic mass is 10.3. The highest BCUT2D eigenvalue weighted by Gasteiger charge is 2.11. The van der Waals surface area contributed by atoms with Gasteiger partial charge < -0.3 is 8.83 Å². The van der Waals surface area contributed by atoms with Crippen molar-refractivity contribution in [2.24, 2.45) is 0 Å². The molecular weight excluding hydrogens is 216 g/mol. The summed E-state index contributed by atoms with van der Waals surface area (Å²) in [5.41, 5.74) is 0. The van der Waals surface area contributed by atoms with E-state index in [2.05, 4.69) is 10.2 Å². The van der Waals surface area contributed by atoms with Gasteiger partial charge in [0.15, 0.2) is 5.76 Å². The average Bonchev–Trinajstić information content (AvgIpc) is 2.83.